The molecule has 172 valence electrons. The smallest absolute Gasteiger partial charge is 0.255 e. The molecular weight excluding hydrogens is 426 g/mol. The average molecular weight is 454 g/mol. The molecule has 0 bridgehead atoms. The molecule has 0 aliphatic carbocycles. The van der Waals surface area contributed by atoms with E-state index >= 15 is 0 Å². The lowest BCUT2D eigenvalue weighted by Crippen LogP contribution is -2.56. The Morgan fingerprint density at radius 1 is 1.09 bits per heavy atom. The molecule has 1 aliphatic heterocycles. The van der Waals surface area contributed by atoms with Gasteiger partial charge in [-0.05, 0) is 55.8 Å². The average Bonchev–Trinajstić information content (AvgIpc) is 3.27. The van der Waals surface area contributed by atoms with Gasteiger partial charge in [-0.25, -0.2) is 4.98 Å². The maximum Gasteiger partial charge on any atom is 0.255 e. The van der Waals surface area contributed by atoms with Gasteiger partial charge in [-0.3, -0.25) is 9.89 Å². The van der Waals surface area contributed by atoms with Crippen molar-refractivity contribution in [3.63, 3.8) is 0 Å². The first-order valence-electron chi connectivity index (χ1n) is 11.5. The van der Waals surface area contributed by atoms with E-state index in [1.807, 2.05) is 53.5 Å². The molecule has 0 saturated carbocycles. The molecule has 2 atom stereocenters. The van der Waals surface area contributed by atoms with Crippen LogP contribution in [0.4, 0.5) is 0 Å². The minimum Gasteiger partial charge on any atom is -0.508 e. The predicted octanol–water partition coefficient (Wildman–Crippen LogP) is 4.32. The van der Waals surface area contributed by atoms with Gasteiger partial charge < -0.3 is 15.3 Å². The van der Waals surface area contributed by atoms with Crippen molar-refractivity contribution in [2.24, 2.45) is 0 Å². The Morgan fingerprint density at radius 2 is 1.85 bits per heavy atom. The Labute approximate surface area is 198 Å². The highest BCUT2D eigenvalue weighted by Crippen LogP contribution is 2.29. The topological polar surface area (TPSA) is 94.1 Å². The number of aromatic hydroxyl groups is 1. The van der Waals surface area contributed by atoms with E-state index in [-0.39, 0.29) is 23.7 Å². The molecule has 3 heterocycles. The third-order valence-electron chi connectivity index (χ3n) is 6.21. The van der Waals surface area contributed by atoms with Crippen LogP contribution in [-0.2, 0) is 0 Å². The van der Waals surface area contributed by atoms with Crippen LogP contribution < -0.4 is 5.32 Å². The Morgan fingerprint density at radius 3 is 2.62 bits per heavy atom. The number of aromatic amines is 1. The molecule has 34 heavy (non-hydrogen) atoms. The van der Waals surface area contributed by atoms with Crippen LogP contribution in [0.2, 0.25) is 0 Å². The molecule has 1 aliphatic rings. The van der Waals surface area contributed by atoms with E-state index in [0.29, 0.717) is 34.5 Å². The number of benzene rings is 2. The molecule has 1 amide bonds. The number of rotatable bonds is 4. The lowest BCUT2D eigenvalue weighted by Gasteiger charge is -2.37. The second-order valence-electron chi connectivity index (χ2n) is 8.79. The monoisotopic (exact) mass is 453 g/mol. The molecule has 3 N–H and O–H groups in total. The van der Waals surface area contributed by atoms with Crippen molar-refractivity contribution in [2.45, 2.75) is 25.9 Å². The SMILES string of the molecule is C[C@@H]1CN(C(=O)c2cc(-c3ccc(O)cc3)nc3[nH]nc(/C=C/c4ccccc4)c23)[C@@H](C)CN1. The van der Waals surface area contributed by atoms with Gasteiger partial charge in [-0.2, -0.15) is 5.10 Å². The number of piperazine rings is 1. The second kappa shape index (κ2) is 9.11. The molecule has 2 aromatic carbocycles. The number of hydrogen-bond donors (Lipinski definition) is 3. The number of aromatic nitrogens is 3. The summed E-state index contributed by atoms with van der Waals surface area (Å²) in [6, 6.07) is 18.9. The zero-order valence-corrected chi connectivity index (χ0v) is 19.2. The fraction of sp³-hybridized carbons (Fsp3) is 0.222. The molecule has 4 aromatic rings. The van der Waals surface area contributed by atoms with Crippen molar-refractivity contribution >= 4 is 29.1 Å². The van der Waals surface area contributed by atoms with E-state index in [0.717, 1.165) is 17.7 Å². The quantitative estimate of drug-likeness (QED) is 0.428. The summed E-state index contributed by atoms with van der Waals surface area (Å²) in [6.45, 7) is 5.52. The number of carbonyl (C=O) groups excluding carboxylic acids is 1. The highest BCUT2D eigenvalue weighted by Gasteiger charge is 2.30. The van der Waals surface area contributed by atoms with Gasteiger partial charge in [0.05, 0.1) is 22.3 Å². The zero-order chi connectivity index (χ0) is 23.7. The summed E-state index contributed by atoms with van der Waals surface area (Å²) in [7, 11) is 0. The summed E-state index contributed by atoms with van der Waals surface area (Å²) in [5.41, 5.74) is 4.29. The number of phenols is 1. The molecule has 0 radical (unpaired) electrons. The van der Waals surface area contributed by atoms with Gasteiger partial charge in [0.1, 0.15) is 5.75 Å². The van der Waals surface area contributed by atoms with E-state index in [1.54, 1.807) is 24.3 Å². The largest absolute Gasteiger partial charge is 0.508 e. The van der Waals surface area contributed by atoms with Gasteiger partial charge in [-0.1, -0.05) is 36.4 Å². The Kier molecular flexibility index (Phi) is 5.86. The number of hydrogen-bond acceptors (Lipinski definition) is 5. The summed E-state index contributed by atoms with van der Waals surface area (Å²) in [5, 5.41) is 21.3. The first kappa shape index (κ1) is 21.9. The molecule has 1 fully saturated rings. The van der Waals surface area contributed by atoms with Crippen LogP contribution in [-0.4, -0.2) is 56.3 Å². The second-order valence-corrected chi connectivity index (χ2v) is 8.79. The predicted molar refractivity (Wildman–Crippen MR) is 134 cm³/mol. The van der Waals surface area contributed by atoms with Crippen molar-refractivity contribution in [2.75, 3.05) is 13.1 Å². The highest BCUT2D eigenvalue weighted by atomic mass is 16.3. The summed E-state index contributed by atoms with van der Waals surface area (Å²) in [5.74, 6) is 0.142. The van der Waals surface area contributed by atoms with Crippen LogP contribution >= 0.6 is 0 Å². The fourth-order valence-corrected chi connectivity index (χ4v) is 4.32. The molecule has 5 rings (SSSR count). The minimum atomic E-state index is -0.0379. The summed E-state index contributed by atoms with van der Waals surface area (Å²) in [4.78, 5) is 20.6. The number of fused-ring (bicyclic) bond motifs is 1. The van der Waals surface area contributed by atoms with E-state index in [4.69, 9.17) is 4.98 Å². The molecule has 7 heteroatoms. The number of H-pyrrole nitrogens is 1. The van der Waals surface area contributed by atoms with Crippen molar-refractivity contribution in [3.8, 4) is 17.0 Å². The van der Waals surface area contributed by atoms with E-state index < -0.39 is 0 Å². The molecule has 0 unspecified atom stereocenters. The molecule has 0 spiro atoms. The maximum atomic E-state index is 13.9. The van der Waals surface area contributed by atoms with E-state index in [1.165, 1.54) is 0 Å². The third-order valence-corrected chi connectivity index (χ3v) is 6.21. The lowest BCUT2D eigenvalue weighted by atomic mass is 10.0. The van der Waals surface area contributed by atoms with E-state index in [2.05, 4.69) is 29.4 Å². The fourth-order valence-electron chi connectivity index (χ4n) is 4.32. The molecular formula is C27H27N5O2. The summed E-state index contributed by atoms with van der Waals surface area (Å²) >= 11 is 0. The van der Waals surface area contributed by atoms with Crippen LogP contribution in [0, 0.1) is 0 Å². The molecule has 1 saturated heterocycles. The summed E-state index contributed by atoms with van der Waals surface area (Å²) in [6.07, 6.45) is 3.89. The van der Waals surface area contributed by atoms with Crippen molar-refractivity contribution in [3.05, 3.63) is 77.5 Å². The first-order chi connectivity index (χ1) is 16.5. The van der Waals surface area contributed by atoms with Crippen LogP contribution in [0.3, 0.4) is 0 Å². The molecule has 2 aromatic heterocycles. The highest BCUT2D eigenvalue weighted by molar-refractivity contribution is 6.09. The maximum absolute atomic E-state index is 13.9. The van der Waals surface area contributed by atoms with Crippen molar-refractivity contribution in [1.29, 1.82) is 0 Å². The number of nitrogens with one attached hydrogen (secondary N) is 2. The number of nitrogens with zero attached hydrogens (tertiary/aromatic N) is 3. The number of pyridine rings is 1. The van der Waals surface area contributed by atoms with Gasteiger partial charge >= 0.3 is 0 Å². The molecule has 7 nitrogen and oxygen atoms in total. The Balaban J connectivity index is 1.64. The van der Waals surface area contributed by atoms with Gasteiger partial charge in [-0.15, -0.1) is 0 Å². The third kappa shape index (κ3) is 4.30. The van der Waals surface area contributed by atoms with E-state index in [9.17, 15) is 9.90 Å². The number of phenolic OH excluding ortho intramolecular Hbond substituents is 1. The number of amides is 1. The minimum absolute atomic E-state index is 0.0379. The lowest BCUT2D eigenvalue weighted by molar-refractivity contribution is 0.0618. The Hall–Kier alpha value is -3.97. The zero-order valence-electron chi connectivity index (χ0n) is 19.2. The first-order valence-corrected chi connectivity index (χ1v) is 11.5. The van der Waals surface area contributed by atoms with Gasteiger partial charge in [0.25, 0.3) is 5.91 Å². The van der Waals surface area contributed by atoms with Gasteiger partial charge in [0.15, 0.2) is 5.65 Å². The van der Waals surface area contributed by atoms with Gasteiger partial charge in [0, 0.05) is 30.7 Å². The van der Waals surface area contributed by atoms with Crippen molar-refractivity contribution < 1.29 is 9.90 Å². The van der Waals surface area contributed by atoms with Crippen molar-refractivity contribution in [1.82, 2.24) is 25.4 Å². The number of carbonyl (C=O) groups is 1. The Bertz CT molecular complexity index is 1340. The van der Waals surface area contributed by atoms with Crippen LogP contribution in [0.5, 0.6) is 5.75 Å². The van der Waals surface area contributed by atoms with Gasteiger partial charge in [0.2, 0.25) is 0 Å². The summed E-state index contributed by atoms with van der Waals surface area (Å²) < 4.78 is 0. The van der Waals surface area contributed by atoms with Crippen LogP contribution in [0.25, 0.3) is 34.4 Å². The van der Waals surface area contributed by atoms with Crippen LogP contribution in [0.1, 0.15) is 35.5 Å². The van der Waals surface area contributed by atoms with Crippen LogP contribution in [0.15, 0.2) is 60.7 Å². The standard InChI is InChI=1S/C27H27N5O2/c1-17-16-32(18(2)15-28-17)27(34)22-14-24(20-9-11-21(33)12-10-20)29-26-25(22)23(30-31-26)13-8-19-6-4-3-5-7-19/h3-14,17-18,28,33H,15-16H2,1-2H3,(H,29,30,31)/b13-8+/t17-,18+/m1/s1. The normalized spacial score (nSPS) is 18.6.